The fraction of sp³-hybridized carbons (Fsp3) is 0.143. The number of fused-ring (bicyclic) bond motifs is 2. The van der Waals surface area contributed by atoms with Crippen LogP contribution >= 0.6 is 11.3 Å². The van der Waals surface area contributed by atoms with E-state index in [0.717, 1.165) is 15.2 Å². The minimum absolute atomic E-state index is 0.0212. The molecule has 1 N–H and O–H groups in total. The first-order valence-electron chi connectivity index (χ1n) is 8.97. The molecule has 29 heavy (non-hydrogen) atoms. The number of Topliss-reactive ketones (excluding diaryl/α,β-unsaturated/α-hetero) is 1. The Kier molecular flexibility index (Phi) is 5.18. The highest BCUT2D eigenvalue weighted by Gasteiger charge is 2.38. The summed E-state index contributed by atoms with van der Waals surface area (Å²) in [5.41, 5.74) is 1.20. The van der Waals surface area contributed by atoms with Gasteiger partial charge in [0.25, 0.3) is 5.01 Å². The van der Waals surface area contributed by atoms with Crippen molar-refractivity contribution in [3.63, 3.8) is 0 Å². The third-order valence-electron chi connectivity index (χ3n) is 4.78. The molecule has 0 bridgehead atoms. The van der Waals surface area contributed by atoms with Gasteiger partial charge in [-0.15, -0.1) is 0 Å². The van der Waals surface area contributed by atoms with Crippen molar-refractivity contribution in [1.29, 1.82) is 0 Å². The van der Waals surface area contributed by atoms with E-state index in [2.05, 4.69) is 4.89 Å². The van der Waals surface area contributed by atoms with Gasteiger partial charge < -0.3 is 0 Å². The van der Waals surface area contributed by atoms with E-state index in [9.17, 15) is 18.5 Å². The summed E-state index contributed by atoms with van der Waals surface area (Å²) < 4.78 is 28.3. The summed E-state index contributed by atoms with van der Waals surface area (Å²) in [6.45, 7) is 2.67. The second-order valence-corrected chi connectivity index (χ2v) is 9.37. The maximum atomic E-state index is 12.6. The van der Waals surface area contributed by atoms with Gasteiger partial charge in [-0.3, -0.25) is 10.1 Å². The predicted octanol–water partition coefficient (Wildman–Crippen LogP) is 3.85. The smallest absolute Gasteiger partial charge is 0.275 e. The Morgan fingerprint density at radius 3 is 2.62 bits per heavy atom. The number of nitrogens with zero attached hydrogens (tertiary/aromatic N) is 1. The molecule has 8 heteroatoms. The molecule has 1 aromatic heterocycles. The molecule has 0 spiro atoms. The molecule has 0 amide bonds. The minimum atomic E-state index is -3.84. The highest BCUT2D eigenvalue weighted by atomic mass is 32.2. The van der Waals surface area contributed by atoms with Gasteiger partial charge in [-0.05, 0) is 37.3 Å². The maximum Gasteiger partial charge on any atom is 0.275 e. The van der Waals surface area contributed by atoms with Gasteiger partial charge in [-0.25, -0.2) is 13.3 Å². The molecule has 1 unspecified atom stereocenters. The molecule has 2 aromatic carbocycles. The highest BCUT2D eigenvalue weighted by molar-refractivity contribution is 7.97. The van der Waals surface area contributed by atoms with Gasteiger partial charge in [-0.2, -0.15) is 4.57 Å². The number of rotatable bonds is 5. The van der Waals surface area contributed by atoms with Gasteiger partial charge in [-0.1, -0.05) is 41.7 Å². The van der Waals surface area contributed by atoms with Crippen molar-refractivity contribution in [3.05, 3.63) is 82.2 Å². The van der Waals surface area contributed by atoms with E-state index in [1.807, 2.05) is 35.8 Å². The third kappa shape index (κ3) is 3.24. The van der Waals surface area contributed by atoms with Crippen molar-refractivity contribution in [3.8, 4) is 0 Å². The largest absolute Gasteiger partial charge is 0.288 e. The summed E-state index contributed by atoms with van der Waals surface area (Å²) in [6, 6.07) is 14.0. The molecule has 0 aliphatic carbocycles. The Hall–Kier alpha value is -2.65. The Labute approximate surface area is 171 Å². The SMILES string of the molecule is CC[n+]1c(C(/C=C/C=C2/C(=O)c3ccccc3S2(=O)=O)OO)sc2ccccc21. The van der Waals surface area contributed by atoms with Crippen LogP contribution in [-0.2, 0) is 21.3 Å². The first-order chi connectivity index (χ1) is 14.0. The van der Waals surface area contributed by atoms with Crippen molar-refractivity contribution in [2.45, 2.75) is 24.5 Å². The minimum Gasteiger partial charge on any atom is -0.288 e. The molecule has 1 aliphatic rings. The Morgan fingerprint density at radius 1 is 1.17 bits per heavy atom. The van der Waals surface area contributed by atoms with Gasteiger partial charge in [0, 0.05) is 11.6 Å². The summed E-state index contributed by atoms with van der Waals surface area (Å²) in [5.74, 6) is -0.530. The van der Waals surface area contributed by atoms with Crippen molar-refractivity contribution >= 4 is 37.2 Å². The van der Waals surface area contributed by atoms with Crippen LogP contribution in [0.25, 0.3) is 10.2 Å². The highest BCUT2D eigenvalue weighted by Crippen LogP contribution is 2.34. The zero-order chi connectivity index (χ0) is 20.6. The number of aromatic nitrogens is 1. The van der Waals surface area contributed by atoms with Crippen LogP contribution in [0.1, 0.15) is 28.4 Å². The van der Waals surface area contributed by atoms with Crippen LogP contribution < -0.4 is 4.57 Å². The van der Waals surface area contributed by atoms with Crippen LogP contribution in [0, 0.1) is 0 Å². The first-order valence-corrected chi connectivity index (χ1v) is 11.3. The number of aryl methyl sites for hydroxylation is 1. The Morgan fingerprint density at radius 2 is 1.90 bits per heavy atom. The molecule has 2 heterocycles. The van der Waals surface area contributed by atoms with E-state index in [0.29, 0.717) is 6.54 Å². The van der Waals surface area contributed by atoms with E-state index < -0.39 is 21.7 Å². The lowest BCUT2D eigenvalue weighted by Crippen LogP contribution is -2.36. The molecule has 6 nitrogen and oxygen atoms in total. The van der Waals surface area contributed by atoms with Crippen LogP contribution in [0.5, 0.6) is 0 Å². The number of hydrogen-bond donors (Lipinski definition) is 1. The summed E-state index contributed by atoms with van der Waals surface area (Å²) in [4.78, 5) is 16.9. The lowest BCUT2D eigenvalue weighted by atomic mass is 10.1. The number of thiazole rings is 1. The van der Waals surface area contributed by atoms with E-state index in [1.165, 1.54) is 41.7 Å². The van der Waals surface area contributed by atoms with Gasteiger partial charge >= 0.3 is 0 Å². The number of allylic oxidation sites excluding steroid dienone is 3. The lowest BCUT2D eigenvalue weighted by molar-refractivity contribution is -0.675. The normalized spacial score (nSPS) is 18.0. The fourth-order valence-electron chi connectivity index (χ4n) is 3.42. The molecule has 1 aliphatic heterocycles. The molecule has 0 saturated heterocycles. The topological polar surface area (TPSA) is 84.5 Å². The summed E-state index contributed by atoms with van der Waals surface area (Å²) >= 11 is 1.47. The molecule has 0 fully saturated rings. The average molecular weight is 429 g/mol. The van der Waals surface area contributed by atoms with E-state index >= 15 is 0 Å². The fourth-order valence-corrected chi connectivity index (χ4v) is 6.21. The molecule has 0 saturated carbocycles. The molecule has 148 valence electrons. The Bertz CT molecular complexity index is 1270. The van der Waals surface area contributed by atoms with Crippen LogP contribution in [0.4, 0.5) is 0 Å². The van der Waals surface area contributed by atoms with Gasteiger partial charge in [0.2, 0.25) is 27.2 Å². The van der Waals surface area contributed by atoms with E-state index in [1.54, 1.807) is 12.1 Å². The average Bonchev–Trinajstić information content (AvgIpc) is 3.19. The third-order valence-corrected chi connectivity index (χ3v) is 7.84. The van der Waals surface area contributed by atoms with Crippen LogP contribution in [0.15, 0.2) is 76.6 Å². The Balaban J connectivity index is 1.70. The van der Waals surface area contributed by atoms with E-state index in [-0.39, 0.29) is 15.4 Å². The zero-order valence-corrected chi connectivity index (χ0v) is 17.1. The molecular formula is C21H18NO5S2+. The number of carbonyl (C=O) groups is 1. The van der Waals surface area contributed by atoms with Crippen LogP contribution in [0.3, 0.4) is 0 Å². The van der Waals surface area contributed by atoms with Crippen molar-refractivity contribution in [2.24, 2.45) is 0 Å². The quantitative estimate of drug-likeness (QED) is 0.289. The molecule has 0 radical (unpaired) electrons. The summed E-state index contributed by atoms with van der Waals surface area (Å²) in [6.07, 6.45) is 3.41. The predicted molar refractivity (Wildman–Crippen MR) is 109 cm³/mol. The molecule has 4 rings (SSSR count). The van der Waals surface area contributed by atoms with Gasteiger partial charge in [0.15, 0.2) is 0 Å². The zero-order valence-electron chi connectivity index (χ0n) is 15.5. The number of carbonyl (C=O) groups excluding carboxylic acids is 1. The molecular weight excluding hydrogens is 410 g/mol. The summed E-state index contributed by atoms with van der Waals surface area (Å²) in [5, 5.41) is 10.2. The second-order valence-electron chi connectivity index (χ2n) is 6.42. The molecule has 3 aromatic rings. The van der Waals surface area contributed by atoms with Crippen molar-refractivity contribution in [1.82, 2.24) is 0 Å². The maximum absolute atomic E-state index is 12.6. The monoisotopic (exact) mass is 428 g/mol. The van der Waals surface area contributed by atoms with Gasteiger partial charge in [0.05, 0.1) is 4.90 Å². The number of para-hydroxylation sites is 1. The van der Waals surface area contributed by atoms with E-state index in [4.69, 9.17) is 0 Å². The lowest BCUT2D eigenvalue weighted by Gasteiger charge is -2.03. The van der Waals surface area contributed by atoms with Crippen LogP contribution in [0.2, 0.25) is 0 Å². The number of sulfone groups is 1. The first kappa shape index (κ1) is 19.7. The standard InChI is InChI=1S/C21H17NO5S2/c1-2-22-15-9-4-5-11-17(15)28-21(22)16(27-24)10-7-13-19-20(23)14-8-3-6-12-18(14)29(19,25)26/h3-13,16H,2H2,1H3/p+1/b10-7+,19-13-. The summed E-state index contributed by atoms with van der Waals surface area (Å²) in [7, 11) is -3.84. The number of hydrogen-bond acceptors (Lipinski definition) is 6. The van der Waals surface area contributed by atoms with Crippen molar-refractivity contribution < 1.29 is 27.9 Å². The number of ketones is 1. The second kappa shape index (κ2) is 7.64. The van der Waals surface area contributed by atoms with Gasteiger partial charge in [0.1, 0.15) is 16.1 Å². The number of benzene rings is 2. The van der Waals surface area contributed by atoms with Crippen LogP contribution in [-0.4, -0.2) is 19.5 Å². The molecule has 1 atom stereocenters. The van der Waals surface area contributed by atoms with Crippen molar-refractivity contribution in [2.75, 3.05) is 0 Å².